The molecule has 0 radical (unpaired) electrons. The fourth-order valence-corrected chi connectivity index (χ4v) is 4.29. The van der Waals surface area contributed by atoms with Crippen LogP contribution in [0.15, 0.2) is 60.7 Å². The second-order valence-electron chi connectivity index (χ2n) is 7.73. The molecule has 3 aromatic carbocycles. The van der Waals surface area contributed by atoms with Crippen LogP contribution in [-0.4, -0.2) is 49.9 Å². The van der Waals surface area contributed by atoms with Gasteiger partial charge in [-0.25, -0.2) is 0 Å². The van der Waals surface area contributed by atoms with E-state index in [0.29, 0.717) is 11.4 Å². The SMILES string of the molecule is O=CC(c1ccc2c(c1)NC(=O)CO2)N1CCN(c2ccc3ccccc3c2)CC1. The molecule has 0 aliphatic carbocycles. The zero-order valence-electron chi connectivity index (χ0n) is 16.6. The second kappa shape index (κ2) is 7.80. The van der Waals surface area contributed by atoms with Crippen molar-refractivity contribution < 1.29 is 14.3 Å². The fourth-order valence-electron chi connectivity index (χ4n) is 4.29. The lowest BCUT2D eigenvalue weighted by atomic mass is 10.0. The van der Waals surface area contributed by atoms with Gasteiger partial charge < -0.3 is 19.7 Å². The zero-order chi connectivity index (χ0) is 20.5. The topological polar surface area (TPSA) is 61.9 Å². The molecule has 1 N–H and O–H groups in total. The molecule has 3 aromatic rings. The van der Waals surface area contributed by atoms with Crippen LogP contribution in [-0.2, 0) is 9.59 Å². The summed E-state index contributed by atoms with van der Waals surface area (Å²) in [6.45, 7) is 3.31. The van der Waals surface area contributed by atoms with Gasteiger partial charge in [0.25, 0.3) is 5.91 Å². The molecule has 1 fully saturated rings. The predicted octanol–water partition coefficient (Wildman–Crippen LogP) is 3.23. The van der Waals surface area contributed by atoms with Gasteiger partial charge in [0, 0.05) is 31.9 Å². The number of anilines is 2. The summed E-state index contributed by atoms with van der Waals surface area (Å²) in [6.07, 6.45) is 0.985. The van der Waals surface area contributed by atoms with E-state index in [2.05, 4.69) is 57.6 Å². The third kappa shape index (κ3) is 3.50. The van der Waals surface area contributed by atoms with Crippen molar-refractivity contribution in [3.63, 3.8) is 0 Å². The fraction of sp³-hybridized carbons (Fsp3) is 0.250. The molecule has 1 saturated heterocycles. The van der Waals surface area contributed by atoms with Gasteiger partial charge in [-0.3, -0.25) is 9.69 Å². The molecule has 2 aliphatic heterocycles. The van der Waals surface area contributed by atoms with E-state index in [9.17, 15) is 9.59 Å². The number of nitrogens with zero attached hydrogens (tertiary/aromatic N) is 2. The van der Waals surface area contributed by atoms with Gasteiger partial charge in [-0.1, -0.05) is 36.4 Å². The molecular weight excluding hydrogens is 378 g/mol. The van der Waals surface area contributed by atoms with Crippen LogP contribution >= 0.6 is 0 Å². The van der Waals surface area contributed by atoms with Crippen molar-refractivity contribution in [3.8, 4) is 5.75 Å². The van der Waals surface area contributed by atoms with Crippen LogP contribution < -0.4 is 15.0 Å². The number of piperazine rings is 1. The average Bonchev–Trinajstić information content (AvgIpc) is 2.79. The van der Waals surface area contributed by atoms with Crippen molar-refractivity contribution in [3.05, 3.63) is 66.2 Å². The summed E-state index contributed by atoms with van der Waals surface area (Å²) in [4.78, 5) is 28.1. The first-order valence-corrected chi connectivity index (χ1v) is 10.2. The number of ether oxygens (including phenoxy) is 1. The molecule has 0 saturated carbocycles. The lowest BCUT2D eigenvalue weighted by Gasteiger charge is -2.39. The molecule has 30 heavy (non-hydrogen) atoms. The number of benzene rings is 3. The molecule has 152 valence electrons. The standard InChI is InChI=1S/C24H23N3O3/c28-15-22(19-6-8-23-21(14-19)25-24(29)16-30-23)27-11-9-26(10-12-27)20-7-5-17-3-1-2-4-18(17)13-20/h1-8,13-15,22H,9-12,16H2,(H,25,29). The van der Waals surface area contributed by atoms with Gasteiger partial charge in [-0.15, -0.1) is 0 Å². The first-order valence-electron chi connectivity index (χ1n) is 10.2. The Labute approximate surface area is 175 Å². The van der Waals surface area contributed by atoms with Crippen molar-refractivity contribution in [1.82, 2.24) is 4.90 Å². The highest BCUT2D eigenvalue weighted by Crippen LogP contribution is 2.32. The number of hydrogen-bond acceptors (Lipinski definition) is 5. The van der Waals surface area contributed by atoms with Crippen molar-refractivity contribution in [2.45, 2.75) is 6.04 Å². The van der Waals surface area contributed by atoms with E-state index < -0.39 is 0 Å². The Bertz CT molecular complexity index is 1110. The third-order valence-electron chi connectivity index (χ3n) is 5.91. The van der Waals surface area contributed by atoms with Crippen molar-refractivity contribution >= 4 is 34.3 Å². The van der Waals surface area contributed by atoms with Crippen LogP contribution in [0.25, 0.3) is 10.8 Å². The smallest absolute Gasteiger partial charge is 0.262 e. The maximum Gasteiger partial charge on any atom is 0.262 e. The molecule has 0 spiro atoms. The van der Waals surface area contributed by atoms with Gasteiger partial charge in [0.2, 0.25) is 0 Å². The van der Waals surface area contributed by atoms with Crippen molar-refractivity contribution in [1.29, 1.82) is 0 Å². The van der Waals surface area contributed by atoms with E-state index in [0.717, 1.165) is 38.0 Å². The lowest BCUT2D eigenvalue weighted by Crippen LogP contribution is -2.48. The summed E-state index contributed by atoms with van der Waals surface area (Å²) in [5, 5.41) is 5.30. The van der Waals surface area contributed by atoms with E-state index in [1.807, 2.05) is 18.2 Å². The molecule has 1 amide bonds. The highest BCUT2D eigenvalue weighted by molar-refractivity contribution is 5.95. The first kappa shape index (κ1) is 18.6. The van der Waals surface area contributed by atoms with Crippen LogP contribution in [0.4, 0.5) is 11.4 Å². The van der Waals surface area contributed by atoms with E-state index in [-0.39, 0.29) is 18.6 Å². The number of aldehydes is 1. The zero-order valence-corrected chi connectivity index (χ0v) is 16.6. The Kier molecular flexibility index (Phi) is 4.85. The quantitative estimate of drug-likeness (QED) is 0.680. The Morgan fingerprint density at radius 2 is 1.73 bits per heavy atom. The number of nitrogens with one attached hydrogen (secondary N) is 1. The van der Waals surface area contributed by atoms with Crippen LogP contribution in [0.1, 0.15) is 11.6 Å². The van der Waals surface area contributed by atoms with Crippen LogP contribution in [0.2, 0.25) is 0 Å². The minimum absolute atomic E-state index is 0.0280. The van der Waals surface area contributed by atoms with Crippen LogP contribution in [0, 0.1) is 0 Å². The number of hydrogen-bond donors (Lipinski definition) is 1. The Morgan fingerprint density at radius 1 is 0.933 bits per heavy atom. The Hall–Kier alpha value is -3.38. The van der Waals surface area contributed by atoms with Crippen molar-refractivity contribution in [2.75, 3.05) is 43.0 Å². The largest absolute Gasteiger partial charge is 0.482 e. The average molecular weight is 401 g/mol. The number of rotatable bonds is 4. The first-order chi connectivity index (χ1) is 14.7. The molecular formula is C24H23N3O3. The van der Waals surface area contributed by atoms with E-state index in [1.54, 1.807) is 0 Å². The minimum Gasteiger partial charge on any atom is -0.482 e. The van der Waals surface area contributed by atoms with Crippen LogP contribution in [0.5, 0.6) is 5.75 Å². The maximum absolute atomic E-state index is 12.0. The molecule has 6 heteroatoms. The molecule has 5 rings (SSSR count). The third-order valence-corrected chi connectivity index (χ3v) is 5.91. The van der Waals surface area contributed by atoms with Gasteiger partial charge in [-0.2, -0.15) is 0 Å². The van der Waals surface area contributed by atoms with Crippen molar-refractivity contribution in [2.24, 2.45) is 0 Å². The summed E-state index contributed by atoms with van der Waals surface area (Å²) in [5.74, 6) is 0.468. The van der Waals surface area contributed by atoms with E-state index in [4.69, 9.17) is 4.74 Å². The highest BCUT2D eigenvalue weighted by atomic mass is 16.5. The summed E-state index contributed by atoms with van der Waals surface area (Å²) in [6, 6.07) is 20.2. The highest BCUT2D eigenvalue weighted by Gasteiger charge is 2.26. The minimum atomic E-state index is -0.340. The maximum atomic E-state index is 12.0. The van der Waals surface area contributed by atoms with Gasteiger partial charge in [0.15, 0.2) is 6.61 Å². The van der Waals surface area contributed by atoms with Gasteiger partial charge in [0.1, 0.15) is 12.0 Å². The summed E-state index contributed by atoms with van der Waals surface area (Å²) >= 11 is 0. The van der Waals surface area contributed by atoms with E-state index in [1.165, 1.54) is 16.5 Å². The molecule has 2 aliphatic rings. The summed E-state index contributed by atoms with van der Waals surface area (Å²) < 4.78 is 5.42. The number of amides is 1. The lowest BCUT2D eigenvalue weighted by molar-refractivity contribution is -0.118. The molecule has 2 heterocycles. The predicted molar refractivity (Wildman–Crippen MR) is 117 cm³/mol. The van der Waals surface area contributed by atoms with Crippen LogP contribution in [0.3, 0.4) is 0 Å². The monoisotopic (exact) mass is 401 g/mol. The van der Waals surface area contributed by atoms with E-state index >= 15 is 0 Å². The number of fused-ring (bicyclic) bond motifs is 2. The Balaban J connectivity index is 1.30. The summed E-state index contributed by atoms with van der Waals surface area (Å²) in [7, 11) is 0. The normalized spacial score (nSPS) is 17.7. The Morgan fingerprint density at radius 3 is 2.53 bits per heavy atom. The second-order valence-corrected chi connectivity index (χ2v) is 7.73. The molecule has 6 nitrogen and oxygen atoms in total. The summed E-state index contributed by atoms with van der Waals surface area (Å²) in [5.41, 5.74) is 2.71. The number of carbonyl (C=O) groups is 2. The number of carbonyl (C=O) groups excluding carboxylic acids is 2. The van der Waals surface area contributed by atoms with Gasteiger partial charge >= 0.3 is 0 Å². The van der Waals surface area contributed by atoms with Gasteiger partial charge in [-0.05, 0) is 40.6 Å². The van der Waals surface area contributed by atoms with Gasteiger partial charge in [0.05, 0.1) is 11.7 Å². The molecule has 1 unspecified atom stereocenters. The molecule has 0 aromatic heterocycles. The molecule has 1 atom stereocenters. The molecule has 0 bridgehead atoms.